The van der Waals surface area contributed by atoms with E-state index in [2.05, 4.69) is 20.9 Å². The number of hydrogen-bond donors (Lipinski definition) is 1. The standard InChI is InChI=1S/C29H24BrFN2O6S2/c1-2-38-19(34)11-39-18-8-3-12(30)9-15(18)20-21-16-10-17(24(21)40-26-25(20)41-29(37)32-26)23-22(16)27(35)33(28(23)36)14-6-4-13(31)5-7-14/h3-9,16-17,20-24H,2,10-11H2,1H3,(H,32,37)/t16-,17-,20-,21?,22?,23?,24?/m1/s1. The van der Waals surface area contributed by atoms with Gasteiger partial charge in [0.15, 0.2) is 6.61 Å². The van der Waals surface area contributed by atoms with Crippen LogP contribution < -0.4 is 14.5 Å². The van der Waals surface area contributed by atoms with Crippen molar-refractivity contribution >= 4 is 62.5 Å². The highest BCUT2D eigenvalue weighted by atomic mass is 79.9. The molecule has 2 saturated carbocycles. The number of fused-ring (bicyclic) bond motifs is 9. The van der Waals surface area contributed by atoms with Crippen molar-refractivity contribution in [3.8, 4) is 5.75 Å². The highest BCUT2D eigenvalue weighted by molar-refractivity contribution is 9.10. The van der Waals surface area contributed by atoms with Crippen molar-refractivity contribution in [2.45, 2.75) is 29.5 Å². The predicted octanol–water partition coefficient (Wildman–Crippen LogP) is 4.96. The molecule has 3 heterocycles. The summed E-state index contributed by atoms with van der Waals surface area (Å²) in [6.45, 7) is 1.71. The van der Waals surface area contributed by atoms with Gasteiger partial charge >= 0.3 is 10.8 Å². The summed E-state index contributed by atoms with van der Waals surface area (Å²) in [6, 6.07) is 11.0. The molecule has 2 aliphatic carbocycles. The van der Waals surface area contributed by atoms with Crippen LogP contribution in [0, 0.1) is 35.4 Å². The molecule has 1 saturated heterocycles. The van der Waals surface area contributed by atoms with E-state index in [9.17, 15) is 23.6 Å². The number of anilines is 1. The number of amides is 2. The van der Waals surface area contributed by atoms with Crippen LogP contribution in [0.4, 0.5) is 10.1 Å². The van der Waals surface area contributed by atoms with Gasteiger partial charge in [0.05, 0.1) is 29.2 Å². The second-order valence-corrected chi connectivity index (χ2v) is 13.8. The fourth-order valence-electron chi connectivity index (χ4n) is 7.44. The van der Waals surface area contributed by atoms with Gasteiger partial charge in [-0.3, -0.25) is 19.3 Å². The largest absolute Gasteiger partial charge is 0.482 e. The van der Waals surface area contributed by atoms with Crippen molar-refractivity contribution in [3.05, 3.63) is 72.9 Å². The number of rotatable bonds is 6. The summed E-state index contributed by atoms with van der Waals surface area (Å²) in [6.07, 6.45) is 0.731. The molecule has 8 nitrogen and oxygen atoms in total. The van der Waals surface area contributed by atoms with Crippen molar-refractivity contribution in [1.29, 1.82) is 0 Å². The molecule has 3 aromatic rings. The Morgan fingerprint density at radius 2 is 1.83 bits per heavy atom. The number of nitrogens with zero attached hydrogens (tertiary/aromatic N) is 1. The first-order valence-electron chi connectivity index (χ1n) is 13.4. The molecule has 7 atom stereocenters. The van der Waals surface area contributed by atoms with Gasteiger partial charge in [0, 0.05) is 26.1 Å². The lowest BCUT2D eigenvalue weighted by Crippen LogP contribution is -2.42. The molecule has 0 spiro atoms. The number of benzene rings is 2. The Morgan fingerprint density at radius 1 is 1.10 bits per heavy atom. The monoisotopic (exact) mass is 658 g/mol. The molecular weight excluding hydrogens is 635 g/mol. The number of ether oxygens (including phenoxy) is 2. The van der Waals surface area contributed by atoms with Gasteiger partial charge in [-0.2, -0.15) is 0 Å². The molecule has 3 fully saturated rings. The van der Waals surface area contributed by atoms with E-state index in [-0.39, 0.29) is 58.8 Å². The van der Waals surface area contributed by atoms with Crippen molar-refractivity contribution in [3.63, 3.8) is 0 Å². The quantitative estimate of drug-likeness (QED) is 0.295. The van der Waals surface area contributed by atoms with Crippen LogP contribution in [0.25, 0.3) is 0 Å². The minimum absolute atomic E-state index is 0.00851. The van der Waals surface area contributed by atoms with Crippen LogP contribution in [-0.2, 0) is 19.1 Å². The van der Waals surface area contributed by atoms with Gasteiger partial charge in [0.1, 0.15) is 11.6 Å². The Bertz CT molecular complexity index is 1640. The van der Waals surface area contributed by atoms with Crippen LogP contribution in [0.2, 0.25) is 0 Å². The summed E-state index contributed by atoms with van der Waals surface area (Å²) in [5.41, 5.74) is 1.19. The normalized spacial score (nSPS) is 29.3. The van der Waals surface area contributed by atoms with Gasteiger partial charge in [0.25, 0.3) is 0 Å². The van der Waals surface area contributed by atoms with E-state index in [0.29, 0.717) is 11.4 Å². The summed E-state index contributed by atoms with van der Waals surface area (Å²) >= 11 is 6.32. The van der Waals surface area contributed by atoms with E-state index in [1.54, 1.807) is 24.8 Å². The second-order valence-electron chi connectivity index (χ2n) is 10.7. The average Bonchev–Trinajstić information content (AvgIpc) is 3.67. The Balaban J connectivity index is 1.30. The number of esters is 1. The smallest absolute Gasteiger partial charge is 0.344 e. The third-order valence-corrected chi connectivity index (χ3v) is 11.8. The summed E-state index contributed by atoms with van der Waals surface area (Å²) in [7, 11) is 0. The third kappa shape index (κ3) is 4.20. The summed E-state index contributed by atoms with van der Waals surface area (Å²) < 4.78 is 25.4. The van der Waals surface area contributed by atoms with E-state index < -0.39 is 23.6 Å². The topological polar surface area (TPSA) is 106 Å². The number of carbonyl (C=O) groups is 3. The number of aromatic amines is 1. The summed E-state index contributed by atoms with van der Waals surface area (Å²) in [4.78, 5) is 57.2. The van der Waals surface area contributed by atoms with E-state index in [1.165, 1.54) is 29.2 Å². The SMILES string of the molecule is CCOC(=O)COc1ccc(Br)cc1[C@H]1c2sc(=O)[nH]c2SC2C1[C@H]1C[C@@H]2C2C(=O)N(c3ccc(F)cc3)C(=O)C21. The van der Waals surface area contributed by atoms with Crippen LogP contribution in [-0.4, -0.2) is 41.2 Å². The molecule has 212 valence electrons. The first-order valence-corrected chi connectivity index (χ1v) is 15.9. The van der Waals surface area contributed by atoms with Crippen LogP contribution in [0.5, 0.6) is 5.75 Å². The van der Waals surface area contributed by atoms with Gasteiger partial charge in [-0.15, -0.1) is 11.8 Å². The first-order chi connectivity index (χ1) is 19.8. The number of thiazole rings is 1. The number of nitrogens with one attached hydrogen (secondary N) is 1. The number of imide groups is 1. The zero-order chi connectivity index (χ0) is 28.6. The van der Waals surface area contributed by atoms with Gasteiger partial charge < -0.3 is 14.5 Å². The van der Waals surface area contributed by atoms with Gasteiger partial charge in [-0.1, -0.05) is 27.3 Å². The number of H-pyrrole nitrogens is 1. The number of aromatic nitrogens is 1. The second kappa shape index (κ2) is 10.1. The number of carbonyl (C=O) groups excluding carboxylic acids is 3. The molecular formula is C29H24BrFN2O6S2. The van der Waals surface area contributed by atoms with E-state index in [1.807, 2.05) is 12.1 Å². The molecule has 2 amide bonds. The summed E-state index contributed by atoms with van der Waals surface area (Å²) in [5, 5.41) is 0.768. The fourth-order valence-corrected chi connectivity index (χ4v) is 10.7. The molecule has 0 radical (unpaired) electrons. The average molecular weight is 660 g/mol. The molecule has 2 bridgehead atoms. The predicted molar refractivity (Wildman–Crippen MR) is 154 cm³/mol. The van der Waals surface area contributed by atoms with E-state index >= 15 is 0 Å². The maximum Gasteiger partial charge on any atom is 0.344 e. The van der Waals surface area contributed by atoms with Crippen LogP contribution >= 0.6 is 39.0 Å². The third-order valence-electron chi connectivity index (χ3n) is 8.77. The highest BCUT2D eigenvalue weighted by Gasteiger charge is 2.69. The molecule has 2 aromatic carbocycles. The van der Waals surface area contributed by atoms with Crippen molar-refractivity contribution in [1.82, 2.24) is 4.98 Å². The number of thioether (sulfide) groups is 1. The fraction of sp³-hybridized carbons (Fsp3) is 0.379. The molecule has 4 unspecified atom stereocenters. The molecule has 4 aliphatic rings. The number of hydrogen-bond acceptors (Lipinski definition) is 8. The van der Waals surface area contributed by atoms with Crippen molar-refractivity contribution in [2.24, 2.45) is 29.6 Å². The van der Waals surface area contributed by atoms with E-state index in [4.69, 9.17) is 9.47 Å². The molecule has 7 rings (SSSR count). The van der Waals surface area contributed by atoms with Crippen LogP contribution in [0.3, 0.4) is 0 Å². The molecule has 2 aliphatic heterocycles. The molecule has 41 heavy (non-hydrogen) atoms. The van der Waals surface area contributed by atoms with Gasteiger partial charge in [0.2, 0.25) is 11.8 Å². The maximum absolute atomic E-state index is 13.9. The lowest BCUT2D eigenvalue weighted by atomic mass is 9.68. The summed E-state index contributed by atoms with van der Waals surface area (Å²) in [5.74, 6) is -2.34. The number of halogens is 2. The Hall–Kier alpha value is -2.96. The minimum atomic E-state index is -0.491. The van der Waals surface area contributed by atoms with Gasteiger partial charge in [-0.05, 0) is 73.6 Å². The molecule has 1 N–H and O–H groups in total. The Kier molecular flexibility index (Phi) is 6.62. The minimum Gasteiger partial charge on any atom is -0.482 e. The molecule has 1 aromatic heterocycles. The lowest BCUT2D eigenvalue weighted by molar-refractivity contribution is -0.145. The Morgan fingerprint density at radius 3 is 2.56 bits per heavy atom. The Labute approximate surface area is 250 Å². The van der Waals surface area contributed by atoms with E-state index in [0.717, 1.165) is 37.7 Å². The molecule has 12 heteroatoms. The van der Waals surface area contributed by atoms with Crippen LogP contribution in [0.15, 0.2) is 56.8 Å². The zero-order valence-corrected chi connectivity index (χ0v) is 24.9. The van der Waals surface area contributed by atoms with Crippen molar-refractivity contribution in [2.75, 3.05) is 18.1 Å². The first kappa shape index (κ1) is 26.9. The van der Waals surface area contributed by atoms with Crippen LogP contribution in [0.1, 0.15) is 29.7 Å². The van der Waals surface area contributed by atoms with Crippen molar-refractivity contribution < 1.29 is 28.2 Å². The zero-order valence-electron chi connectivity index (χ0n) is 21.7. The maximum atomic E-state index is 13.9. The lowest BCUT2D eigenvalue weighted by Gasteiger charge is -2.43. The highest BCUT2D eigenvalue weighted by Crippen LogP contribution is 2.69. The van der Waals surface area contributed by atoms with Gasteiger partial charge in [-0.25, -0.2) is 9.18 Å².